The van der Waals surface area contributed by atoms with Crippen LogP contribution in [0.2, 0.25) is 0 Å². The summed E-state index contributed by atoms with van der Waals surface area (Å²) in [4.78, 5) is 0. The highest BCUT2D eigenvalue weighted by molar-refractivity contribution is 5.13. The molecule has 22 heavy (non-hydrogen) atoms. The van der Waals surface area contributed by atoms with E-state index in [9.17, 15) is 5.11 Å². The largest absolute Gasteiger partial charge is 0.390 e. The molecule has 2 rings (SSSR count). The summed E-state index contributed by atoms with van der Waals surface area (Å²) in [6.07, 6.45) is 1.72. The Morgan fingerprint density at radius 1 is 1.23 bits per heavy atom. The Hall–Kier alpha value is -0.940. The number of ether oxygens (including phenoxy) is 3. The molecule has 0 bridgehead atoms. The van der Waals surface area contributed by atoms with Gasteiger partial charge in [-0.1, -0.05) is 50.1 Å². The van der Waals surface area contributed by atoms with E-state index in [1.165, 1.54) is 0 Å². The monoisotopic (exact) mass is 308 g/mol. The minimum absolute atomic E-state index is 0.231. The molecule has 1 saturated heterocycles. The second-order valence-electron chi connectivity index (χ2n) is 6.35. The molecule has 4 nitrogen and oxygen atoms in total. The fraction of sp³-hybridized carbons (Fsp3) is 0.667. The van der Waals surface area contributed by atoms with Crippen LogP contribution >= 0.6 is 0 Å². The molecule has 0 aromatic heterocycles. The minimum Gasteiger partial charge on any atom is -0.390 e. The fourth-order valence-electron chi connectivity index (χ4n) is 2.76. The molecule has 1 heterocycles. The van der Waals surface area contributed by atoms with Gasteiger partial charge in [0.2, 0.25) is 0 Å². The number of aliphatic hydroxyl groups is 1. The van der Waals surface area contributed by atoms with E-state index in [-0.39, 0.29) is 12.2 Å². The molecule has 1 aromatic carbocycles. The normalized spacial score (nSPS) is 25.3. The average Bonchev–Trinajstić information content (AvgIpc) is 2.81. The molecule has 0 aliphatic carbocycles. The highest BCUT2D eigenvalue weighted by Crippen LogP contribution is 2.31. The number of benzene rings is 1. The third-order valence-electron chi connectivity index (χ3n) is 3.85. The van der Waals surface area contributed by atoms with Crippen LogP contribution in [0.15, 0.2) is 30.3 Å². The zero-order valence-electron chi connectivity index (χ0n) is 13.8. The van der Waals surface area contributed by atoms with E-state index < -0.39 is 11.9 Å². The fourth-order valence-corrected chi connectivity index (χ4v) is 2.76. The van der Waals surface area contributed by atoms with Gasteiger partial charge >= 0.3 is 0 Å². The standard InChI is InChI=1S/C18H28O4/c1-4-5-11-15(19)17-16(21-18(2,3)22-17)13-20-12-14-9-7-6-8-10-14/h6-10,15-17,19H,4-5,11-13H2,1-3H3/t15-,16+,17+/m0/s1. The van der Waals surface area contributed by atoms with E-state index in [4.69, 9.17) is 14.2 Å². The van der Waals surface area contributed by atoms with E-state index in [2.05, 4.69) is 6.92 Å². The lowest BCUT2D eigenvalue weighted by Crippen LogP contribution is -2.37. The number of unbranched alkanes of at least 4 members (excludes halogenated alkanes) is 1. The third-order valence-corrected chi connectivity index (χ3v) is 3.85. The second kappa shape index (κ2) is 8.06. The van der Waals surface area contributed by atoms with Gasteiger partial charge in [0.05, 0.1) is 19.3 Å². The topological polar surface area (TPSA) is 47.9 Å². The molecule has 124 valence electrons. The van der Waals surface area contributed by atoms with Crippen molar-refractivity contribution in [1.29, 1.82) is 0 Å². The van der Waals surface area contributed by atoms with Gasteiger partial charge in [0.25, 0.3) is 0 Å². The van der Waals surface area contributed by atoms with Gasteiger partial charge in [0, 0.05) is 0 Å². The first-order valence-corrected chi connectivity index (χ1v) is 8.17. The highest BCUT2D eigenvalue weighted by Gasteiger charge is 2.44. The first kappa shape index (κ1) is 17.4. The van der Waals surface area contributed by atoms with Gasteiger partial charge in [0.15, 0.2) is 5.79 Å². The Kier molecular flexibility index (Phi) is 6.38. The van der Waals surface area contributed by atoms with Crippen LogP contribution in [0.3, 0.4) is 0 Å². The van der Waals surface area contributed by atoms with Crippen molar-refractivity contribution in [2.45, 2.75) is 70.7 Å². The van der Waals surface area contributed by atoms with Crippen LogP contribution < -0.4 is 0 Å². The predicted octanol–water partition coefficient (Wildman–Crippen LogP) is 3.27. The van der Waals surface area contributed by atoms with Gasteiger partial charge in [-0.05, 0) is 25.8 Å². The van der Waals surface area contributed by atoms with Crippen molar-refractivity contribution < 1.29 is 19.3 Å². The Bertz CT molecular complexity index is 432. The Labute approximate surface area is 133 Å². The number of rotatable bonds is 8. The molecule has 1 fully saturated rings. The van der Waals surface area contributed by atoms with Gasteiger partial charge < -0.3 is 19.3 Å². The SMILES string of the molecule is CCCC[C@H](O)[C@H]1OC(C)(C)O[C@@H]1COCc1ccccc1. The van der Waals surface area contributed by atoms with E-state index >= 15 is 0 Å². The summed E-state index contributed by atoms with van der Waals surface area (Å²) in [7, 11) is 0. The van der Waals surface area contributed by atoms with Crippen molar-refractivity contribution in [3.63, 3.8) is 0 Å². The summed E-state index contributed by atoms with van der Waals surface area (Å²) in [5.41, 5.74) is 1.13. The summed E-state index contributed by atoms with van der Waals surface area (Å²) >= 11 is 0. The number of hydrogen-bond acceptors (Lipinski definition) is 4. The lowest BCUT2D eigenvalue weighted by molar-refractivity contribution is -0.158. The zero-order chi connectivity index (χ0) is 16.0. The van der Waals surface area contributed by atoms with E-state index in [0.29, 0.717) is 13.2 Å². The molecule has 3 atom stereocenters. The molecule has 4 heteroatoms. The lowest BCUT2D eigenvalue weighted by Gasteiger charge is -2.22. The van der Waals surface area contributed by atoms with Crippen LogP contribution in [0.25, 0.3) is 0 Å². The Morgan fingerprint density at radius 2 is 1.95 bits per heavy atom. The minimum atomic E-state index is -0.668. The van der Waals surface area contributed by atoms with E-state index in [1.54, 1.807) is 0 Å². The highest BCUT2D eigenvalue weighted by atomic mass is 16.8. The number of aliphatic hydroxyl groups excluding tert-OH is 1. The van der Waals surface area contributed by atoms with Crippen LogP contribution in [-0.2, 0) is 20.8 Å². The molecule has 0 spiro atoms. The molecule has 0 unspecified atom stereocenters. The van der Waals surface area contributed by atoms with Gasteiger partial charge in [-0.25, -0.2) is 0 Å². The molecule has 0 amide bonds. The molecule has 1 N–H and O–H groups in total. The molecule has 1 aliphatic rings. The smallest absolute Gasteiger partial charge is 0.164 e. The Balaban J connectivity index is 1.86. The third kappa shape index (κ3) is 5.06. The van der Waals surface area contributed by atoms with Crippen molar-refractivity contribution in [3.8, 4) is 0 Å². The van der Waals surface area contributed by atoms with Crippen LogP contribution in [-0.4, -0.2) is 35.8 Å². The summed E-state index contributed by atoms with van der Waals surface area (Å²) in [5.74, 6) is -0.668. The summed E-state index contributed by atoms with van der Waals surface area (Å²) in [6, 6.07) is 10.0. The number of hydrogen-bond donors (Lipinski definition) is 1. The van der Waals surface area contributed by atoms with Crippen LogP contribution in [0, 0.1) is 0 Å². The van der Waals surface area contributed by atoms with Crippen molar-refractivity contribution in [1.82, 2.24) is 0 Å². The van der Waals surface area contributed by atoms with Crippen molar-refractivity contribution in [2.75, 3.05) is 6.61 Å². The van der Waals surface area contributed by atoms with E-state index in [1.807, 2.05) is 44.2 Å². The summed E-state index contributed by atoms with van der Waals surface area (Å²) in [5, 5.41) is 10.3. The van der Waals surface area contributed by atoms with Crippen LogP contribution in [0.5, 0.6) is 0 Å². The summed E-state index contributed by atoms with van der Waals surface area (Å²) < 4.78 is 17.5. The second-order valence-corrected chi connectivity index (χ2v) is 6.35. The maximum Gasteiger partial charge on any atom is 0.164 e. The zero-order valence-corrected chi connectivity index (χ0v) is 13.8. The van der Waals surface area contributed by atoms with Crippen LogP contribution in [0.1, 0.15) is 45.6 Å². The predicted molar refractivity (Wildman–Crippen MR) is 85.5 cm³/mol. The van der Waals surface area contributed by atoms with Crippen molar-refractivity contribution in [2.24, 2.45) is 0 Å². The first-order chi connectivity index (χ1) is 10.5. The first-order valence-electron chi connectivity index (χ1n) is 8.17. The molecule has 0 radical (unpaired) electrons. The average molecular weight is 308 g/mol. The van der Waals surface area contributed by atoms with Crippen molar-refractivity contribution >= 4 is 0 Å². The van der Waals surface area contributed by atoms with E-state index in [0.717, 1.165) is 24.8 Å². The van der Waals surface area contributed by atoms with Gasteiger partial charge in [0.1, 0.15) is 12.2 Å². The maximum absolute atomic E-state index is 10.3. The lowest BCUT2D eigenvalue weighted by atomic mass is 10.0. The molecular weight excluding hydrogens is 280 g/mol. The van der Waals surface area contributed by atoms with Crippen LogP contribution in [0.4, 0.5) is 0 Å². The molecule has 0 saturated carbocycles. The maximum atomic E-state index is 10.3. The summed E-state index contributed by atoms with van der Waals surface area (Å²) in [6.45, 7) is 6.83. The molecule has 1 aliphatic heterocycles. The molecular formula is C18H28O4. The Morgan fingerprint density at radius 3 is 2.64 bits per heavy atom. The van der Waals surface area contributed by atoms with Gasteiger partial charge in [-0.15, -0.1) is 0 Å². The van der Waals surface area contributed by atoms with Gasteiger partial charge in [-0.3, -0.25) is 0 Å². The molecule has 1 aromatic rings. The van der Waals surface area contributed by atoms with Crippen molar-refractivity contribution in [3.05, 3.63) is 35.9 Å². The van der Waals surface area contributed by atoms with Gasteiger partial charge in [-0.2, -0.15) is 0 Å². The quantitative estimate of drug-likeness (QED) is 0.800.